The fraction of sp³-hybridized carbons (Fsp3) is 0.875. The predicted octanol–water partition coefficient (Wildman–Crippen LogP) is 0.00120. The lowest BCUT2D eigenvalue weighted by Gasteiger charge is -2.21. The molecule has 0 heterocycles. The van der Waals surface area contributed by atoms with Crippen LogP contribution >= 0.6 is 0 Å². The number of carbonyl (C=O) groups is 1. The molecule has 0 fully saturated rings. The van der Waals surface area contributed by atoms with Gasteiger partial charge >= 0.3 is 6.18 Å². The van der Waals surface area contributed by atoms with Crippen LogP contribution in [-0.4, -0.2) is 45.2 Å². The number of rotatable bonds is 7. The van der Waals surface area contributed by atoms with Crippen LogP contribution in [-0.2, 0) is 14.3 Å². The van der Waals surface area contributed by atoms with E-state index in [9.17, 15) is 18.0 Å². The number of halogens is 3. The average Bonchev–Trinajstić information content (AvgIpc) is 2.16. The zero-order chi connectivity index (χ0) is 12.8. The molecule has 0 aromatic carbocycles. The number of primary amides is 1. The number of nitrogens with two attached hydrogens (primary N) is 1. The van der Waals surface area contributed by atoms with Gasteiger partial charge in [0.1, 0.15) is 0 Å². The first-order chi connectivity index (χ1) is 7.30. The topological polar surface area (TPSA) is 73.6 Å². The smallest absolute Gasteiger partial charge is 0.368 e. The Kier molecular flexibility index (Phi) is 6.31. The van der Waals surface area contributed by atoms with Crippen LogP contribution in [0, 0.1) is 0 Å². The molecular formula is C8H15F3N2O3. The number of carbonyl (C=O) groups excluding carboxylic acids is 1. The van der Waals surface area contributed by atoms with Crippen molar-refractivity contribution in [3.05, 3.63) is 0 Å². The van der Waals surface area contributed by atoms with Gasteiger partial charge in [0, 0.05) is 20.6 Å². The van der Waals surface area contributed by atoms with Crippen LogP contribution in [0.15, 0.2) is 0 Å². The first-order valence-electron chi connectivity index (χ1n) is 4.45. The Bertz CT molecular complexity index is 219. The minimum atomic E-state index is -4.40. The van der Waals surface area contributed by atoms with E-state index in [2.05, 4.69) is 0 Å². The highest BCUT2D eigenvalue weighted by Crippen LogP contribution is 2.13. The van der Waals surface area contributed by atoms with E-state index in [-0.39, 0.29) is 6.42 Å². The number of alkyl halides is 3. The molecule has 1 atom stereocenters. The second-order valence-electron chi connectivity index (χ2n) is 3.09. The standard InChI is InChI=1S/C8H15F3N2O3/c1-15-6(16-2)3-5(7(12)14)13-4-8(9,10)11/h5-6,13H,3-4H2,1-2H3,(H2,12,14). The van der Waals surface area contributed by atoms with Gasteiger partial charge in [0.05, 0.1) is 12.6 Å². The SMILES string of the molecule is COC(CC(NCC(F)(F)F)C(N)=O)OC. The Labute approximate surface area is 91.1 Å². The van der Waals surface area contributed by atoms with Crippen LogP contribution in [0.25, 0.3) is 0 Å². The molecular weight excluding hydrogens is 229 g/mol. The van der Waals surface area contributed by atoms with E-state index in [1.807, 2.05) is 5.32 Å². The normalized spacial score (nSPS) is 14.1. The second kappa shape index (κ2) is 6.66. The van der Waals surface area contributed by atoms with E-state index in [1.54, 1.807) is 0 Å². The molecule has 3 N–H and O–H groups in total. The van der Waals surface area contributed by atoms with Crippen molar-refractivity contribution in [2.24, 2.45) is 5.73 Å². The Morgan fingerprint density at radius 1 is 1.38 bits per heavy atom. The molecule has 0 aromatic rings. The zero-order valence-corrected chi connectivity index (χ0v) is 9.00. The molecule has 0 rings (SSSR count). The number of hydrogen-bond acceptors (Lipinski definition) is 4. The highest BCUT2D eigenvalue weighted by molar-refractivity contribution is 5.79. The van der Waals surface area contributed by atoms with Crippen molar-refractivity contribution in [1.82, 2.24) is 5.32 Å². The molecule has 0 aliphatic carbocycles. The molecule has 0 bridgehead atoms. The van der Waals surface area contributed by atoms with E-state index >= 15 is 0 Å². The summed E-state index contributed by atoms with van der Waals surface area (Å²) in [5.74, 6) is -0.886. The summed E-state index contributed by atoms with van der Waals surface area (Å²) in [5, 5.41) is 2.00. The monoisotopic (exact) mass is 244 g/mol. The van der Waals surface area contributed by atoms with Crippen LogP contribution in [0.1, 0.15) is 6.42 Å². The third kappa shape index (κ3) is 6.59. The molecule has 0 saturated heterocycles. The first-order valence-corrected chi connectivity index (χ1v) is 4.45. The van der Waals surface area contributed by atoms with Gasteiger partial charge < -0.3 is 15.2 Å². The summed E-state index contributed by atoms with van der Waals surface area (Å²) >= 11 is 0. The van der Waals surface area contributed by atoms with Gasteiger partial charge in [-0.15, -0.1) is 0 Å². The third-order valence-electron chi connectivity index (χ3n) is 1.85. The molecule has 0 aliphatic heterocycles. The third-order valence-corrected chi connectivity index (χ3v) is 1.85. The summed E-state index contributed by atoms with van der Waals surface area (Å²) in [6.07, 6.45) is -5.26. The molecule has 16 heavy (non-hydrogen) atoms. The van der Waals surface area contributed by atoms with E-state index in [1.165, 1.54) is 14.2 Å². The summed E-state index contributed by atoms with van der Waals surface area (Å²) in [5.41, 5.74) is 4.94. The molecule has 96 valence electrons. The van der Waals surface area contributed by atoms with Crippen LogP contribution < -0.4 is 11.1 Å². The van der Waals surface area contributed by atoms with Crippen LogP contribution in [0.5, 0.6) is 0 Å². The van der Waals surface area contributed by atoms with E-state index < -0.39 is 31.0 Å². The Morgan fingerprint density at radius 2 is 1.88 bits per heavy atom. The Morgan fingerprint density at radius 3 is 2.19 bits per heavy atom. The van der Waals surface area contributed by atoms with E-state index in [0.29, 0.717) is 0 Å². The lowest BCUT2D eigenvalue weighted by atomic mass is 10.2. The van der Waals surface area contributed by atoms with Gasteiger partial charge in [0.2, 0.25) is 5.91 Å². The van der Waals surface area contributed by atoms with Gasteiger partial charge in [-0.3, -0.25) is 10.1 Å². The molecule has 0 radical (unpaired) electrons. The van der Waals surface area contributed by atoms with E-state index in [0.717, 1.165) is 0 Å². The number of methoxy groups -OCH3 is 2. The van der Waals surface area contributed by atoms with Crippen molar-refractivity contribution in [1.29, 1.82) is 0 Å². The molecule has 1 amide bonds. The van der Waals surface area contributed by atoms with Crippen LogP contribution in [0.3, 0.4) is 0 Å². The number of ether oxygens (including phenoxy) is 2. The quantitative estimate of drug-likeness (QED) is 0.618. The maximum absolute atomic E-state index is 11.9. The fourth-order valence-corrected chi connectivity index (χ4v) is 1.02. The summed E-state index contributed by atoms with van der Waals surface area (Å²) in [7, 11) is 2.63. The van der Waals surface area contributed by atoms with Crippen molar-refractivity contribution >= 4 is 5.91 Å². The minimum Gasteiger partial charge on any atom is -0.368 e. The summed E-state index contributed by atoms with van der Waals surface area (Å²) in [4.78, 5) is 10.9. The highest BCUT2D eigenvalue weighted by Gasteiger charge is 2.30. The van der Waals surface area contributed by atoms with Crippen LogP contribution in [0.2, 0.25) is 0 Å². The van der Waals surface area contributed by atoms with Gasteiger partial charge in [-0.05, 0) is 0 Å². The Hall–Kier alpha value is -0.860. The predicted molar refractivity (Wildman–Crippen MR) is 49.5 cm³/mol. The van der Waals surface area contributed by atoms with Crippen molar-refractivity contribution in [3.8, 4) is 0 Å². The maximum atomic E-state index is 11.9. The molecule has 0 aromatic heterocycles. The number of hydrogen-bond donors (Lipinski definition) is 2. The first kappa shape index (κ1) is 15.1. The van der Waals surface area contributed by atoms with Gasteiger partial charge in [0.15, 0.2) is 6.29 Å². The summed E-state index contributed by atoms with van der Waals surface area (Å²) in [6, 6.07) is -1.15. The zero-order valence-electron chi connectivity index (χ0n) is 9.00. The average molecular weight is 244 g/mol. The molecule has 8 heteroatoms. The lowest BCUT2D eigenvalue weighted by molar-refractivity contribution is -0.139. The van der Waals surface area contributed by atoms with Gasteiger partial charge in [-0.2, -0.15) is 13.2 Å². The van der Waals surface area contributed by atoms with Crippen molar-refractivity contribution in [2.45, 2.75) is 24.9 Å². The molecule has 0 saturated carbocycles. The number of nitrogens with one attached hydrogen (secondary N) is 1. The van der Waals surface area contributed by atoms with Crippen molar-refractivity contribution < 1.29 is 27.4 Å². The second-order valence-corrected chi connectivity index (χ2v) is 3.09. The minimum absolute atomic E-state index is 0.0849. The number of amides is 1. The van der Waals surface area contributed by atoms with E-state index in [4.69, 9.17) is 15.2 Å². The lowest BCUT2D eigenvalue weighted by Crippen LogP contribution is -2.47. The highest BCUT2D eigenvalue weighted by atomic mass is 19.4. The van der Waals surface area contributed by atoms with Gasteiger partial charge in [-0.1, -0.05) is 0 Å². The molecule has 0 spiro atoms. The van der Waals surface area contributed by atoms with Crippen molar-refractivity contribution in [3.63, 3.8) is 0 Å². The fourth-order valence-electron chi connectivity index (χ4n) is 1.02. The molecule has 0 aliphatic rings. The molecule has 1 unspecified atom stereocenters. The van der Waals surface area contributed by atoms with Crippen LogP contribution in [0.4, 0.5) is 13.2 Å². The van der Waals surface area contributed by atoms with Gasteiger partial charge in [-0.25, -0.2) is 0 Å². The summed E-state index contributed by atoms with van der Waals surface area (Å²) < 4.78 is 45.2. The largest absolute Gasteiger partial charge is 0.401 e. The van der Waals surface area contributed by atoms with Crippen molar-refractivity contribution in [2.75, 3.05) is 20.8 Å². The summed E-state index contributed by atoms with van der Waals surface area (Å²) in [6.45, 7) is -1.29. The maximum Gasteiger partial charge on any atom is 0.401 e. The van der Waals surface area contributed by atoms with Gasteiger partial charge in [0.25, 0.3) is 0 Å². The molecule has 5 nitrogen and oxygen atoms in total. The Balaban J connectivity index is 4.23.